The number of rotatable bonds is 5. The fraction of sp³-hybridized carbons (Fsp3) is 0.270. The maximum absolute atomic E-state index is 15.0. The minimum Gasteiger partial charge on any atom is -0.466 e. The monoisotopic (exact) mass is 731 g/mol. The Bertz CT molecular complexity index is 2110. The quantitative estimate of drug-likeness (QED) is 0.205. The standard InChI is InChI=1S/C37H33NO9S3/c1-18-16-23-24(17-19(18)2)38(31(39)22-15-11-13-20-12-9-10-14-21(20)22)36(3,4)30-25(23)37(26(32(40)44-5)27(48-30)33(41)45-6)49-28(34(42)46-7)29(50-37)35(43)47-8/h9-17H,1-8H3. The molecule has 13 heteroatoms. The van der Waals surface area contributed by atoms with E-state index in [0.29, 0.717) is 27.3 Å². The molecule has 0 aromatic heterocycles. The Hall–Kier alpha value is -4.46. The van der Waals surface area contributed by atoms with Crippen LogP contribution in [0.3, 0.4) is 0 Å². The third-order valence-electron chi connectivity index (χ3n) is 8.98. The Morgan fingerprint density at radius 2 is 1.22 bits per heavy atom. The zero-order valence-corrected chi connectivity index (χ0v) is 31.0. The number of fused-ring (bicyclic) bond motifs is 4. The van der Waals surface area contributed by atoms with Crippen molar-refractivity contribution in [1.29, 1.82) is 0 Å². The van der Waals surface area contributed by atoms with E-state index in [1.54, 1.807) is 11.0 Å². The number of ether oxygens (including phenoxy) is 4. The second-order valence-corrected chi connectivity index (χ2v) is 15.9. The van der Waals surface area contributed by atoms with E-state index < -0.39 is 33.5 Å². The van der Waals surface area contributed by atoms with Gasteiger partial charge in [0.25, 0.3) is 5.91 Å². The summed E-state index contributed by atoms with van der Waals surface area (Å²) in [5.41, 5.74) is 2.62. The first kappa shape index (κ1) is 35.4. The van der Waals surface area contributed by atoms with Gasteiger partial charge in [-0.2, -0.15) is 0 Å². The Balaban J connectivity index is 1.72. The third kappa shape index (κ3) is 5.25. The molecule has 3 heterocycles. The number of hydrogen-bond donors (Lipinski definition) is 0. The molecule has 0 bridgehead atoms. The first-order chi connectivity index (χ1) is 23.8. The van der Waals surface area contributed by atoms with Crippen molar-refractivity contribution in [2.45, 2.75) is 37.3 Å². The highest BCUT2D eigenvalue weighted by molar-refractivity contribution is 8.26. The minimum atomic E-state index is -1.66. The van der Waals surface area contributed by atoms with Crippen molar-refractivity contribution < 1.29 is 42.9 Å². The van der Waals surface area contributed by atoms with Crippen LogP contribution in [-0.2, 0) is 38.1 Å². The van der Waals surface area contributed by atoms with Gasteiger partial charge in [-0.05, 0) is 67.8 Å². The lowest BCUT2D eigenvalue weighted by atomic mass is 9.81. The number of amides is 1. The summed E-state index contributed by atoms with van der Waals surface area (Å²) in [4.78, 5) is 71.1. The van der Waals surface area contributed by atoms with Crippen molar-refractivity contribution in [3.05, 3.63) is 102 Å². The summed E-state index contributed by atoms with van der Waals surface area (Å²) in [5, 5.41) is 1.67. The van der Waals surface area contributed by atoms with Crippen molar-refractivity contribution >= 4 is 87.1 Å². The van der Waals surface area contributed by atoms with Gasteiger partial charge in [0.05, 0.1) is 45.2 Å². The van der Waals surface area contributed by atoms with E-state index in [2.05, 4.69) is 0 Å². The van der Waals surface area contributed by atoms with Gasteiger partial charge in [0.2, 0.25) is 0 Å². The summed E-state index contributed by atoms with van der Waals surface area (Å²) in [6.45, 7) is 7.60. The number of carbonyl (C=O) groups is 5. The second kappa shape index (κ2) is 13.0. The lowest BCUT2D eigenvalue weighted by molar-refractivity contribution is -0.138. The van der Waals surface area contributed by atoms with E-state index in [0.717, 1.165) is 57.2 Å². The predicted molar refractivity (Wildman–Crippen MR) is 195 cm³/mol. The highest BCUT2D eigenvalue weighted by Crippen LogP contribution is 2.71. The molecular weight excluding hydrogens is 699 g/mol. The minimum absolute atomic E-state index is 0.105. The van der Waals surface area contributed by atoms with Gasteiger partial charge in [0.1, 0.15) is 18.8 Å². The van der Waals surface area contributed by atoms with Crippen LogP contribution in [0, 0.1) is 13.8 Å². The van der Waals surface area contributed by atoms with Crippen molar-refractivity contribution in [3.8, 4) is 0 Å². The largest absolute Gasteiger partial charge is 0.466 e. The highest BCUT2D eigenvalue weighted by atomic mass is 32.2. The molecule has 0 atom stereocenters. The molecule has 3 aliphatic rings. The summed E-state index contributed by atoms with van der Waals surface area (Å²) < 4.78 is 19.0. The van der Waals surface area contributed by atoms with Gasteiger partial charge in [0, 0.05) is 21.6 Å². The van der Waals surface area contributed by atoms with Gasteiger partial charge >= 0.3 is 23.9 Å². The molecule has 10 nitrogen and oxygen atoms in total. The average molecular weight is 732 g/mol. The molecule has 1 amide bonds. The van der Waals surface area contributed by atoms with Gasteiger partial charge in [0.15, 0.2) is 0 Å². The number of hydrogen-bond acceptors (Lipinski definition) is 12. The molecular formula is C37H33NO9S3. The molecule has 0 aliphatic carbocycles. The number of anilines is 1. The maximum Gasteiger partial charge on any atom is 0.345 e. The molecule has 258 valence electrons. The van der Waals surface area contributed by atoms with Crippen LogP contribution < -0.4 is 4.90 Å². The summed E-state index contributed by atoms with van der Waals surface area (Å²) in [7, 11) is 4.74. The number of methoxy groups -OCH3 is 4. The first-order valence-corrected chi connectivity index (χ1v) is 17.8. The van der Waals surface area contributed by atoms with Crippen LogP contribution in [0.2, 0.25) is 0 Å². The lowest BCUT2D eigenvalue weighted by Gasteiger charge is -2.51. The molecule has 6 rings (SSSR count). The fourth-order valence-corrected chi connectivity index (χ4v) is 11.5. The van der Waals surface area contributed by atoms with E-state index >= 15 is 4.79 Å². The third-order valence-corrected chi connectivity index (χ3v) is 13.6. The molecule has 0 fully saturated rings. The molecule has 0 radical (unpaired) electrons. The van der Waals surface area contributed by atoms with Crippen molar-refractivity contribution in [2.24, 2.45) is 0 Å². The van der Waals surface area contributed by atoms with E-state index in [-0.39, 0.29) is 26.2 Å². The molecule has 0 unspecified atom stereocenters. The van der Waals surface area contributed by atoms with E-state index in [4.69, 9.17) is 18.9 Å². The molecule has 0 saturated heterocycles. The zero-order chi connectivity index (χ0) is 36.3. The van der Waals surface area contributed by atoms with Crippen molar-refractivity contribution in [2.75, 3.05) is 33.3 Å². The number of benzene rings is 3. The summed E-state index contributed by atoms with van der Waals surface area (Å²) in [6, 6.07) is 17.0. The number of esters is 4. The molecule has 3 aromatic rings. The normalized spacial score (nSPS) is 17.4. The summed E-state index contributed by atoms with van der Waals surface area (Å²) >= 11 is 2.80. The lowest BCUT2D eigenvalue weighted by Crippen LogP contribution is -2.54. The molecule has 3 aromatic carbocycles. The van der Waals surface area contributed by atoms with Gasteiger partial charge < -0.3 is 18.9 Å². The van der Waals surface area contributed by atoms with Crippen LogP contribution in [-0.4, -0.2) is 67.8 Å². The van der Waals surface area contributed by atoms with Crippen molar-refractivity contribution in [1.82, 2.24) is 0 Å². The van der Waals surface area contributed by atoms with Crippen LogP contribution in [0.15, 0.2) is 79.8 Å². The number of aryl methyl sites for hydroxylation is 2. The van der Waals surface area contributed by atoms with Crippen LogP contribution in [0.5, 0.6) is 0 Å². The Kier molecular flexibility index (Phi) is 9.21. The number of carbonyl (C=O) groups excluding carboxylic acids is 5. The SMILES string of the molecule is COC(=O)C1=C(C(=O)OC)SC2(S1)C(C(=O)OC)=C(C(=O)OC)SC1=C2c2cc(C)c(C)cc2N(C(=O)c2cccc3ccccc23)C1(C)C. The highest BCUT2D eigenvalue weighted by Gasteiger charge is 2.62. The van der Waals surface area contributed by atoms with Crippen molar-refractivity contribution in [3.63, 3.8) is 0 Å². The maximum atomic E-state index is 15.0. The topological polar surface area (TPSA) is 126 Å². The van der Waals surface area contributed by atoms with Crippen LogP contribution in [0.1, 0.15) is 40.9 Å². The van der Waals surface area contributed by atoms with Gasteiger partial charge in [-0.3, -0.25) is 9.69 Å². The molecule has 0 N–H and O–H groups in total. The first-order valence-electron chi connectivity index (χ1n) is 15.3. The zero-order valence-electron chi connectivity index (χ0n) is 28.5. The van der Waals surface area contributed by atoms with E-state index in [1.165, 1.54) is 28.4 Å². The number of nitrogens with zero attached hydrogens (tertiary/aromatic N) is 1. The summed E-state index contributed by atoms with van der Waals surface area (Å²) in [5.74, 6) is -3.63. The van der Waals surface area contributed by atoms with Crippen LogP contribution in [0.4, 0.5) is 5.69 Å². The molecule has 3 aliphatic heterocycles. The fourth-order valence-electron chi connectivity index (χ4n) is 6.47. The van der Waals surface area contributed by atoms with Crippen LogP contribution >= 0.6 is 35.3 Å². The second-order valence-electron chi connectivity index (χ2n) is 12.1. The molecule has 50 heavy (non-hydrogen) atoms. The smallest absolute Gasteiger partial charge is 0.345 e. The van der Waals surface area contributed by atoms with Gasteiger partial charge in [-0.1, -0.05) is 71.7 Å². The summed E-state index contributed by atoms with van der Waals surface area (Å²) in [6.07, 6.45) is 0. The van der Waals surface area contributed by atoms with Gasteiger partial charge in [-0.15, -0.1) is 0 Å². The Morgan fingerprint density at radius 3 is 1.82 bits per heavy atom. The predicted octanol–water partition coefficient (Wildman–Crippen LogP) is 6.69. The molecule has 0 saturated carbocycles. The average Bonchev–Trinajstić information content (AvgIpc) is 3.50. The van der Waals surface area contributed by atoms with Crippen LogP contribution in [0.25, 0.3) is 16.3 Å². The van der Waals surface area contributed by atoms with Gasteiger partial charge in [-0.25, -0.2) is 19.2 Å². The molecule has 1 spiro atoms. The Labute approximate surface area is 301 Å². The Morgan fingerprint density at radius 1 is 0.680 bits per heavy atom. The van der Waals surface area contributed by atoms with E-state index in [9.17, 15) is 19.2 Å². The number of thioether (sulfide) groups is 3. The van der Waals surface area contributed by atoms with E-state index in [1.807, 2.05) is 76.2 Å².